The standard InChI is InChI=1S/C7H8ClNOS/c8-6-4-11-7(9-6)10-3-5-1-2-5/h4-5H,1-3H2. The molecule has 1 aromatic rings. The minimum atomic E-state index is 0.529. The van der Waals surface area contributed by atoms with Crippen molar-refractivity contribution in [3.8, 4) is 5.19 Å². The molecule has 0 aliphatic heterocycles. The summed E-state index contributed by atoms with van der Waals surface area (Å²) in [7, 11) is 0. The zero-order valence-electron chi connectivity index (χ0n) is 5.92. The number of halogens is 1. The molecule has 60 valence electrons. The van der Waals surface area contributed by atoms with Gasteiger partial charge in [-0.3, -0.25) is 0 Å². The molecule has 0 unspecified atom stereocenters. The fraction of sp³-hybridized carbons (Fsp3) is 0.571. The Hall–Kier alpha value is -0.280. The van der Waals surface area contributed by atoms with Gasteiger partial charge in [0.15, 0.2) is 0 Å². The molecule has 0 spiro atoms. The summed E-state index contributed by atoms with van der Waals surface area (Å²) in [6.07, 6.45) is 2.61. The van der Waals surface area contributed by atoms with E-state index < -0.39 is 0 Å². The molecule has 0 aromatic carbocycles. The second kappa shape index (κ2) is 2.99. The minimum absolute atomic E-state index is 0.529. The van der Waals surface area contributed by atoms with Gasteiger partial charge in [0.2, 0.25) is 0 Å². The van der Waals surface area contributed by atoms with Crippen molar-refractivity contribution in [2.24, 2.45) is 5.92 Å². The molecule has 2 nitrogen and oxygen atoms in total. The van der Waals surface area contributed by atoms with Gasteiger partial charge in [-0.2, -0.15) is 4.98 Å². The van der Waals surface area contributed by atoms with Gasteiger partial charge in [-0.1, -0.05) is 22.9 Å². The Bertz CT molecular complexity index is 246. The topological polar surface area (TPSA) is 22.1 Å². The fourth-order valence-electron chi connectivity index (χ4n) is 0.779. The number of aromatic nitrogens is 1. The van der Waals surface area contributed by atoms with Gasteiger partial charge < -0.3 is 4.74 Å². The Morgan fingerprint density at radius 3 is 3.09 bits per heavy atom. The predicted molar refractivity (Wildman–Crippen MR) is 45.3 cm³/mol. The zero-order valence-corrected chi connectivity index (χ0v) is 7.49. The highest BCUT2D eigenvalue weighted by atomic mass is 35.5. The molecule has 1 fully saturated rings. The molecule has 4 heteroatoms. The van der Waals surface area contributed by atoms with Crippen LogP contribution in [-0.2, 0) is 0 Å². The van der Waals surface area contributed by atoms with E-state index in [1.165, 1.54) is 24.2 Å². The minimum Gasteiger partial charge on any atom is -0.470 e. The summed E-state index contributed by atoms with van der Waals surface area (Å²) in [5.74, 6) is 0.776. The molecular weight excluding hydrogens is 182 g/mol. The van der Waals surface area contributed by atoms with Gasteiger partial charge in [0.1, 0.15) is 5.15 Å². The Balaban J connectivity index is 1.85. The first-order valence-corrected chi connectivity index (χ1v) is 4.84. The van der Waals surface area contributed by atoms with Crippen LogP contribution in [0.4, 0.5) is 0 Å². The highest BCUT2D eigenvalue weighted by molar-refractivity contribution is 7.11. The zero-order chi connectivity index (χ0) is 7.68. The quantitative estimate of drug-likeness (QED) is 0.729. The molecule has 0 bridgehead atoms. The number of rotatable bonds is 3. The third kappa shape index (κ3) is 2.07. The highest BCUT2D eigenvalue weighted by Crippen LogP contribution is 2.30. The van der Waals surface area contributed by atoms with Gasteiger partial charge in [0.25, 0.3) is 5.19 Å². The van der Waals surface area contributed by atoms with E-state index in [-0.39, 0.29) is 0 Å². The Morgan fingerprint density at radius 2 is 2.55 bits per heavy atom. The van der Waals surface area contributed by atoms with E-state index in [9.17, 15) is 0 Å². The Morgan fingerprint density at radius 1 is 1.73 bits per heavy atom. The van der Waals surface area contributed by atoms with E-state index in [1.807, 2.05) is 0 Å². The first-order valence-electron chi connectivity index (χ1n) is 3.58. The molecule has 0 saturated heterocycles. The molecule has 1 saturated carbocycles. The summed E-state index contributed by atoms with van der Waals surface area (Å²) in [4.78, 5) is 3.97. The van der Waals surface area contributed by atoms with Crippen molar-refractivity contribution in [3.63, 3.8) is 0 Å². The average Bonchev–Trinajstić information content (AvgIpc) is 2.72. The maximum atomic E-state index is 5.61. The normalized spacial score (nSPS) is 16.8. The van der Waals surface area contributed by atoms with E-state index in [0.29, 0.717) is 10.3 Å². The van der Waals surface area contributed by atoms with Crippen LogP contribution in [0.5, 0.6) is 5.19 Å². The van der Waals surface area contributed by atoms with E-state index in [1.54, 1.807) is 5.38 Å². The molecule has 0 N–H and O–H groups in total. The maximum absolute atomic E-state index is 5.61. The van der Waals surface area contributed by atoms with Crippen LogP contribution in [0.25, 0.3) is 0 Å². The molecular formula is C7H8ClNOS. The predicted octanol–water partition coefficient (Wildman–Crippen LogP) is 2.59. The second-order valence-corrected chi connectivity index (χ2v) is 3.90. The number of hydrogen-bond acceptors (Lipinski definition) is 3. The number of ether oxygens (including phenoxy) is 1. The van der Waals surface area contributed by atoms with E-state index in [4.69, 9.17) is 16.3 Å². The van der Waals surface area contributed by atoms with Gasteiger partial charge in [0, 0.05) is 5.38 Å². The fourth-order valence-corrected chi connectivity index (χ4v) is 1.58. The van der Waals surface area contributed by atoms with Crippen LogP contribution in [0.3, 0.4) is 0 Å². The van der Waals surface area contributed by atoms with Crippen molar-refractivity contribution in [1.29, 1.82) is 0 Å². The average molecular weight is 190 g/mol. The lowest BCUT2D eigenvalue weighted by Gasteiger charge is -1.97. The van der Waals surface area contributed by atoms with E-state index >= 15 is 0 Å². The summed E-state index contributed by atoms with van der Waals surface area (Å²) >= 11 is 7.06. The van der Waals surface area contributed by atoms with Crippen molar-refractivity contribution in [1.82, 2.24) is 4.98 Å². The molecule has 0 radical (unpaired) electrons. The van der Waals surface area contributed by atoms with Gasteiger partial charge in [0.05, 0.1) is 6.61 Å². The van der Waals surface area contributed by atoms with Crippen molar-refractivity contribution in [2.75, 3.05) is 6.61 Å². The first-order chi connectivity index (χ1) is 5.34. The third-order valence-electron chi connectivity index (χ3n) is 1.59. The lowest BCUT2D eigenvalue weighted by Crippen LogP contribution is -1.97. The van der Waals surface area contributed by atoms with Crippen molar-refractivity contribution >= 4 is 22.9 Å². The molecule has 0 amide bonds. The van der Waals surface area contributed by atoms with Crippen LogP contribution in [0.2, 0.25) is 5.15 Å². The maximum Gasteiger partial charge on any atom is 0.274 e. The highest BCUT2D eigenvalue weighted by Gasteiger charge is 2.22. The summed E-state index contributed by atoms with van der Waals surface area (Å²) in [6, 6.07) is 0. The smallest absolute Gasteiger partial charge is 0.274 e. The molecule has 11 heavy (non-hydrogen) atoms. The molecule has 2 rings (SSSR count). The number of nitrogens with zero attached hydrogens (tertiary/aromatic N) is 1. The van der Waals surface area contributed by atoms with Crippen molar-refractivity contribution in [2.45, 2.75) is 12.8 Å². The van der Waals surface area contributed by atoms with Gasteiger partial charge >= 0.3 is 0 Å². The van der Waals surface area contributed by atoms with Gasteiger partial charge in [-0.15, -0.1) is 0 Å². The SMILES string of the molecule is Clc1csc(OCC2CC2)n1. The molecule has 1 aromatic heterocycles. The molecule has 0 atom stereocenters. The summed E-state index contributed by atoms with van der Waals surface area (Å²) in [5, 5.41) is 3.01. The monoisotopic (exact) mass is 189 g/mol. The molecule has 1 aliphatic carbocycles. The van der Waals surface area contributed by atoms with Gasteiger partial charge in [-0.05, 0) is 18.8 Å². The van der Waals surface area contributed by atoms with Crippen molar-refractivity contribution in [3.05, 3.63) is 10.5 Å². The Kier molecular flexibility index (Phi) is 2.00. The largest absolute Gasteiger partial charge is 0.470 e. The van der Waals surface area contributed by atoms with Crippen LogP contribution < -0.4 is 4.74 Å². The second-order valence-electron chi connectivity index (χ2n) is 2.69. The van der Waals surface area contributed by atoms with Crippen LogP contribution in [0.1, 0.15) is 12.8 Å². The first kappa shape index (κ1) is 7.37. The van der Waals surface area contributed by atoms with Crippen LogP contribution in [0, 0.1) is 5.92 Å². The van der Waals surface area contributed by atoms with Crippen LogP contribution >= 0.6 is 22.9 Å². The van der Waals surface area contributed by atoms with Gasteiger partial charge in [-0.25, -0.2) is 0 Å². The third-order valence-corrected chi connectivity index (χ3v) is 2.67. The Labute approximate surface area is 74.2 Å². The van der Waals surface area contributed by atoms with Crippen LogP contribution in [-0.4, -0.2) is 11.6 Å². The molecule has 1 heterocycles. The summed E-state index contributed by atoms with van der Waals surface area (Å²) < 4.78 is 5.37. The van der Waals surface area contributed by atoms with Crippen molar-refractivity contribution < 1.29 is 4.74 Å². The molecule has 1 aliphatic rings. The lowest BCUT2D eigenvalue weighted by molar-refractivity contribution is 0.298. The van der Waals surface area contributed by atoms with E-state index in [0.717, 1.165) is 12.5 Å². The van der Waals surface area contributed by atoms with E-state index in [2.05, 4.69) is 4.98 Å². The summed E-state index contributed by atoms with van der Waals surface area (Å²) in [6.45, 7) is 0.809. The lowest BCUT2D eigenvalue weighted by atomic mass is 10.5. The number of thiazole rings is 1. The number of hydrogen-bond donors (Lipinski definition) is 0. The summed E-state index contributed by atoms with van der Waals surface area (Å²) in [5.41, 5.74) is 0. The van der Waals surface area contributed by atoms with Crippen LogP contribution in [0.15, 0.2) is 5.38 Å².